The lowest BCUT2D eigenvalue weighted by Crippen LogP contribution is -2.40. The Balaban J connectivity index is 1.48. The Bertz CT molecular complexity index is 1050. The first-order valence-electron chi connectivity index (χ1n) is 10.6. The zero-order valence-corrected chi connectivity index (χ0v) is 18.3. The number of likely N-dealkylation sites (tertiary alicyclic amines) is 1. The number of carbonyl (C=O) groups is 1. The lowest BCUT2D eigenvalue weighted by molar-refractivity contribution is 0.0711. The number of morpholine rings is 1. The number of thiophene rings is 1. The van der Waals surface area contributed by atoms with E-state index < -0.39 is 0 Å². The first kappa shape index (κ1) is 20.1. The molecule has 3 aromatic rings. The van der Waals surface area contributed by atoms with Crippen molar-refractivity contribution in [1.29, 1.82) is 0 Å². The van der Waals surface area contributed by atoms with Crippen LogP contribution >= 0.6 is 11.3 Å². The van der Waals surface area contributed by atoms with Crippen molar-refractivity contribution >= 4 is 23.2 Å². The average Bonchev–Trinajstić information content (AvgIpc) is 3.51. The molecule has 1 atom stereocenters. The number of piperidine rings is 1. The van der Waals surface area contributed by atoms with Crippen LogP contribution in [-0.2, 0) is 4.74 Å². The molecular formula is C22H25N5O3S. The van der Waals surface area contributed by atoms with Crippen LogP contribution in [0.1, 0.15) is 39.8 Å². The lowest BCUT2D eigenvalue weighted by atomic mass is 9.91. The molecule has 1 amide bonds. The van der Waals surface area contributed by atoms with E-state index in [1.54, 1.807) is 0 Å². The highest BCUT2D eigenvalue weighted by Crippen LogP contribution is 2.35. The van der Waals surface area contributed by atoms with Gasteiger partial charge in [-0.05, 0) is 31.2 Å². The van der Waals surface area contributed by atoms with Gasteiger partial charge in [-0.1, -0.05) is 11.2 Å². The fraction of sp³-hybridized carbons (Fsp3) is 0.455. The predicted molar refractivity (Wildman–Crippen MR) is 117 cm³/mol. The Morgan fingerprint density at radius 1 is 1.26 bits per heavy atom. The summed E-state index contributed by atoms with van der Waals surface area (Å²) in [7, 11) is 0. The van der Waals surface area contributed by atoms with Crippen LogP contribution in [0.15, 0.2) is 34.3 Å². The minimum atomic E-state index is 0.0965. The second kappa shape index (κ2) is 8.76. The molecule has 0 saturated carbocycles. The first-order chi connectivity index (χ1) is 15.2. The van der Waals surface area contributed by atoms with Gasteiger partial charge in [-0.25, -0.2) is 9.97 Å². The molecule has 2 aliphatic rings. The van der Waals surface area contributed by atoms with Crippen molar-refractivity contribution in [2.24, 2.45) is 0 Å². The van der Waals surface area contributed by atoms with E-state index in [0.717, 1.165) is 54.3 Å². The maximum absolute atomic E-state index is 13.0. The first-order valence-corrected chi connectivity index (χ1v) is 11.5. The van der Waals surface area contributed by atoms with Gasteiger partial charge in [0.15, 0.2) is 5.76 Å². The van der Waals surface area contributed by atoms with Crippen LogP contribution in [0.4, 0.5) is 5.95 Å². The molecule has 0 unspecified atom stereocenters. The molecule has 8 nitrogen and oxygen atoms in total. The van der Waals surface area contributed by atoms with Gasteiger partial charge in [0.1, 0.15) is 0 Å². The predicted octanol–water partition coefficient (Wildman–Crippen LogP) is 3.36. The molecule has 31 heavy (non-hydrogen) atoms. The molecule has 0 aliphatic carbocycles. The zero-order valence-electron chi connectivity index (χ0n) is 17.5. The minimum Gasteiger partial charge on any atom is -0.378 e. The minimum absolute atomic E-state index is 0.0965. The quantitative estimate of drug-likeness (QED) is 0.616. The van der Waals surface area contributed by atoms with E-state index in [2.05, 4.69) is 15.0 Å². The summed E-state index contributed by atoms with van der Waals surface area (Å²) in [5.41, 5.74) is 2.60. The van der Waals surface area contributed by atoms with Crippen LogP contribution in [0, 0.1) is 6.92 Å². The molecular weight excluding hydrogens is 414 g/mol. The van der Waals surface area contributed by atoms with Crippen LogP contribution in [-0.4, -0.2) is 65.3 Å². The van der Waals surface area contributed by atoms with Gasteiger partial charge in [0.2, 0.25) is 5.95 Å². The summed E-state index contributed by atoms with van der Waals surface area (Å²) in [5.74, 6) is 1.59. The number of aromatic nitrogens is 3. The number of hydrogen-bond donors (Lipinski definition) is 0. The summed E-state index contributed by atoms with van der Waals surface area (Å²) >= 11 is 1.49. The Hall–Kier alpha value is -2.78. The van der Waals surface area contributed by atoms with Gasteiger partial charge in [0.25, 0.3) is 5.91 Å². The highest BCUT2D eigenvalue weighted by atomic mass is 32.1. The molecule has 9 heteroatoms. The molecule has 0 spiro atoms. The summed E-state index contributed by atoms with van der Waals surface area (Å²) in [6, 6.07) is 5.72. The van der Waals surface area contributed by atoms with E-state index in [1.165, 1.54) is 11.3 Å². The van der Waals surface area contributed by atoms with E-state index in [0.29, 0.717) is 31.5 Å². The van der Waals surface area contributed by atoms with Crippen LogP contribution in [0.5, 0.6) is 0 Å². The van der Waals surface area contributed by atoms with Crippen molar-refractivity contribution in [1.82, 2.24) is 20.0 Å². The topological polar surface area (TPSA) is 84.6 Å². The molecule has 5 rings (SSSR count). The van der Waals surface area contributed by atoms with Crippen molar-refractivity contribution in [2.45, 2.75) is 25.7 Å². The third-order valence-electron chi connectivity index (χ3n) is 5.82. The molecule has 0 aromatic carbocycles. The number of aryl methyl sites for hydroxylation is 1. The van der Waals surface area contributed by atoms with E-state index in [1.807, 2.05) is 41.6 Å². The van der Waals surface area contributed by atoms with Gasteiger partial charge in [-0.2, -0.15) is 0 Å². The van der Waals surface area contributed by atoms with Crippen molar-refractivity contribution in [3.63, 3.8) is 0 Å². The summed E-state index contributed by atoms with van der Waals surface area (Å²) < 4.78 is 11.0. The Labute approximate surface area is 184 Å². The standard InChI is InChI=1S/C22H25N5O3S/c1-15-12-18(30-25-15)17-13-23-22(26-7-9-29-10-8-26)24-20(17)16-4-2-6-27(14-16)21(28)19-5-3-11-31-19/h3,5,11-13,16H,2,4,6-10,14H2,1H3/t16-/m1/s1. The molecule has 162 valence electrons. The number of hydrogen-bond acceptors (Lipinski definition) is 8. The molecule has 2 aliphatic heterocycles. The smallest absolute Gasteiger partial charge is 0.263 e. The molecule has 3 aromatic heterocycles. The Morgan fingerprint density at radius 2 is 2.13 bits per heavy atom. The van der Waals surface area contributed by atoms with Crippen molar-refractivity contribution in [3.8, 4) is 11.3 Å². The monoisotopic (exact) mass is 439 g/mol. The SMILES string of the molecule is Cc1cc(-c2cnc(N3CCOCC3)nc2[C@@H]2CCCN(C(=O)c3cccs3)C2)on1. The number of nitrogens with zero attached hydrogens (tertiary/aromatic N) is 5. The highest BCUT2D eigenvalue weighted by Gasteiger charge is 2.30. The van der Waals surface area contributed by atoms with E-state index in [9.17, 15) is 4.79 Å². The molecule has 0 N–H and O–H groups in total. The van der Waals surface area contributed by atoms with Gasteiger partial charge >= 0.3 is 0 Å². The largest absolute Gasteiger partial charge is 0.378 e. The lowest BCUT2D eigenvalue weighted by Gasteiger charge is -2.33. The van der Waals surface area contributed by atoms with Crippen LogP contribution in [0.3, 0.4) is 0 Å². The molecule has 0 radical (unpaired) electrons. The molecule has 5 heterocycles. The fourth-order valence-electron chi connectivity index (χ4n) is 4.23. The Kier molecular flexibility index (Phi) is 5.69. The van der Waals surface area contributed by atoms with Crippen LogP contribution in [0.2, 0.25) is 0 Å². The van der Waals surface area contributed by atoms with E-state index in [-0.39, 0.29) is 11.8 Å². The third kappa shape index (κ3) is 4.20. The number of rotatable bonds is 4. The second-order valence-corrected chi connectivity index (χ2v) is 8.92. The molecule has 2 fully saturated rings. The summed E-state index contributed by atoms with van der Waals surface area (Å²) in [4.78, 5) is 27.5. The van der Waals surface area contributed by atoms with Gasteiger partial charge in [0.05, 0.1) is 35.0 Å². The number of anilines is 1. The molecule has 2 saturated heterocycles. The van der Waals surface area contributed by atoms with Crippen LogP contribution in [0.25, 0.3) is 11.3 Å². The van der Waals surface area contributed by atoms with Crippen molar-refractivity contribution < 1.29 is 14.1 Å². The number of ether oxygens (including phenoxy) is 1. The zero-order chi connectivity index (χ0) is 21.2. The number of carbonyl (C=O) groups excluding carboxylic acids is 1. The van der Waals surface area contributed by atoms with E-state index >= 15 is 0 Å². The van der Waals surface area contributed by atoms with Gasteiger partial charge < -0.3 is 19.1 Å². The van der Waals surface area contributed by atoms with Gasteiger partial charge in [-0.15, -0.1) is 11.3 Å². The second-order valence-electron chi connectivity index (χ2n) is 7.97. The summed E-state index contributed by atoms with van der Waals surface area (Å²) in [6.07, 6.45) is 3.74. The van der Waals surface area contributed by atoms with E-state index in [4.69, 9.17) is 14.2 Å². The number of amides is 1. The maximum Gasteiger partial charge on any atom is 0.263 e. The highest BCUT2D eigenvalue weighted by molar-refractivity contribution is 7.12. The van der Waals surface area contributed by atoms with Crippen LogP contribution < -0.4 is 4.90 Å². The molecule has 0 bridgehead atoms. The third-order valence-corrected chi connectivity index (χ3v) is 6.68. The summed E-state index contributed by atoms with van der Waals surface area (Å²) in [5, 5.41) is 5.99. The van der Waals surface area contributed by atoms with Crippen molar-refractivity contribution in [3.05, 3.63) is 46.0 Å². The average molecular weight is 440 g/mol. The fourth-order valence-corrected chi connectivity index (χ4v) is 4.92. The van der Waals surface area contributed by atoms with Gasteiger partial charge in [0, 0.05) is 44.4 Å². The Morgan fingerprint density at radius 3 is 2.87 bits per heavy atom. The summed E-state index contributed by atoms with van der Waals surface area (Å²) in [6.45, 7) is 6.20. The van der Waals surface area contributed by atoms with Crippen molar-refractivity contribution in [2.75, 3.05) is 44.3 Å². The maximum atomic E-state index is 13.0. The van der Waals surface area contributed by atoms with Gasteiger partial charge in [-0.3, -0.25) is 4.79 Å². The normalized spacial score (nSPS) is 19.6.